The minimum absolute atomic E-state index is 0.0736. The second-order valence-electron chi connectivity index (χ2n) is 24.1. The number of aliphatic imine (C=N–C) groups is 1. The van der Waals surface area contributed by atoms with Gasteiger partial charge in [-0.25, -0.2) is 0 Å². The fourth-order valence-corrected chi connectivity index (χ4v) is 11.5. The molecule has 2 aromatic rings. The van der Waals surface area contributed by atoms with Gasteiger partial charge in [-0.15, -0.1) is 0 Å². The van der Waals surface area contributed by atoms with Crippen LogP contribution in [0.5, 0.6) is 0 Å². The first-order chi connectivity index (χ1) is 45.2. The number of primary amides is 3. The van der Waals surface area contributed by atoms with Crippen molar-refractivity contribution in [1.82, 2.24) is 52.3 Å². The van der Waals surface area contributed by atoms with Gasteiger partial charge in [0, 0.05) is 45.3 Å². The predicted molar refractivity (Wildman–Crippen MR) is 356 cm³/mol. The number of unbranched alkanes of at least 4 members (excludes halogenated alkanes) is 1. The van der Waals surface area contributed by atoms with E-state index in [1.807, 2.05) is 20.1 Å². The van der Waals surface area contributed by atoms with E-state index in [9.17, 15) is 62.3 Å². The van der Waals surface area contributed by atoms with Crippen LogP contribution >= 0.6 is 11.8 Å². The molecule has 0 aromatic heterocycles. The van der Waals surface area contributed by atoms with Gasteiger partial charge in [0.25, 0.3) is 0 Å². The Labute approximate surface area is 558 Å². The molecule has 32 heteroatoms. The van der Waals surface area contributed by atoms with Crippen LogP contribution in [0.3, 0.4) is 0 Å². The molecule has 0 radical (unpaired) electrons. The zero-order valence-corrected chi connectivity index (χ0v) is 55.3. The van der Waals surface area contributed by atoms with Gasteiger partial charge in [0.15, 0.2) is 5.96 Å². The summed E-state index contributed by atoms with van der Waals surface area (Å²) in [5, 5.41) is 21.1. The molecule has 0 spiro atoms. The van der Waals surface area contributed by atoms with Crippen molar-refractivity contribution in [3.05, 3.63) is 71.8 Å². The third kappa shape index (κ3) is 27.5. The van der Waals surface area contributed by atoms with Crippen LogP contribution in [0.4, 0.5) is 0 Å². The molecular formula is C63H98N18O13S. The number of guanidine groups is 1. The summed E-state index contributed by atoms with van der Waals surface area (Å²) in [6.45, 7) is 3.86. The van der Waals surface area contributed by atoms with Crippen LogP contribution in [0, 0.1) is 5.92 Å². The maximum absolute atomic E-state index is 14.7. The van der Waals surface area contributed by atoms with E-state index in [0.29, 0.717) is 55.4 Å². The van der Waals surface area contributed by atoms with Crippen LogP contribution < -0.4 is 82.7 Å². The largest absolute Gasteiger partial charge is 0.370 e. The van der Waals surface area contributed by atoms with Crippen molar-refractivity contribution in [3.63, 3.8) is 0 Å². The molecule has 0 unspecified atom stereocenters. The Kier molecular flexibility index (Phi) is 33.9. The van der Waals surface area contributed by atoms with Gasteiger partial charge in [-0.05, 0) is 119 Å². The van der Waals surface area contributed by atoms with E-state index in [-0.39, 0.29) is 83.0 Å². The number of benzene rings is 2. The number of rotatable bonds is 42. The van der Waals surface area contributed by atoms with Crippen LogP contribution in [-0.2, 0) is 75.2 Å². The van der Waals surface area contributed by atoms with Gasteiger partial charge in [-0.2, -0.15) is 11.8 Å². The van der Waals surface area contributed by atoms with Gasteiger partial charge in [0.05, 0.1) is 12.6 Å². The Hall–Kier alpha value is -8.91. The molecule has 524 valence electrons. The highest BCUT2D eigenvalue weighted by Gasteiger charge is 2.42. The highest BCUT2D eigenvalue weighted by atomic mass is 32.2. The standard InChI is InChI=1S/C63H98N18O13S/c1-37(2)33-45(57(89)74-41(53(68)85)27-32-95-3)73-52(84)36-72-54(86)46(34-38-15-6-4-7-16-38)78-58(90)47(35-39-17-8-5-9-18-39)79-56(88)42(23-25-50(66)82)75-55(87)43(24-26-51(67)83)76-59(91)49-22-14-31-81(49)62(94)44(20-10-11-28-64)77-60(92)48-21-13-30-80(48)61(93)40(65)19-12-29-71-63(69)70/h4-9,15-18,37,40-49H,10-14,19-36,64-65H2,1-3H3,(H2,66,82)(H2,67,83)(H2,68,85)(H,72,86)(H,73,84)(H,74,89)(H,75,87)(H,76,91)(H,77,92)(H,78,90)(H,79,88)(H4,69,70,71)/t40-,41-,42-,43+,44+,45+,46+,47+,48+,49-/m0/s1. The Morgan fingerprint density at radius 3 is 1.51 bits per heavy atom. The number of carbonyl (C=O) groups excluding carboxylic acids is 13. The number of hydrogen-bond acceptors (Lipinski definition) is 17. The molecule has 2 heterocycles. The summed E-state index contributed by atoms with van der Waals surface area (Å²) < 4.78 is 0. The second-order valence-corrected chi connectivity index (χ2v) is 25.1. The maximum Gasteiger partial charge on any atom is 0.245 e. The maximum atomic E-state index is 14.7. The van der Waals surface area contributed by atoms with Crippen molar-refractivity contribution in [2.45, 2.75) is 183 Å². The minimum Gasteiger partial charge on any atom is -0.370 e. The third-order valence-corrected chi connectivity index (χ3v) is 16.7. The van der Waals surface area contributed by atoms with Crippen LogP contribution in [0.15, 0.2) is 65.7 Å². The average molecular weight is 1350 g/mol. The molecule has 0 aliphatic carbocycles. The number of likely N-dealkylation sites (tertiary alicyclic amines) is 2. The predicted octanol–water partition coefficient (Wildman–Crippen LogP) is -3.71. The lowest BCUT2D eigenvalue weighted by Crippen LogP contribution is -2.60. The van der Waals surface area contributed by atoms with E-state index >= 15 is 0 Å². The molecule has 2 aromatic carbocycles. The van der Waals surface area contributed by atoms with Gasteiger partial charge in [0.1, 0.15) is 54.4 Å². The molecule has 10 atom stereocenters. The van der Waals surface area contributed by atoms with Gasteiger partial charge >= 0.3 is 0 Å². The molecule has 2 aliphatic heterocycles. The van der Waals surface area contributed by atoms with Crippen molar-refractivity contribution in [2.24, 2.45) is 51.0 Å². The first kappa shape index (κ1) is 78.5. The van der Waals surface area contributed by atoms with Crippen molar-refractivity contribution >= 4 is 94.5 Å². The Morgan fingerprint density at radius 1 is 0.537 bits per heavy atom. The summed E-state index contributed by atoms with van der Waals surface area (Å²) in [6.07, 6.45) is 3.12. The van der Waals surface area contributed by atoms with Gasteiger partial charge in [-0.3, -0.25) is 67.3 Å². The fourth-order valence-electron chi connectivity index (χ4n) is 11.0. The highest BCUT2D eigenvalue weighted by molar-refractivity contribution is 7.98. The quantitative estimate of drug-likeness (QED) is 0.0173. The molecule has 2 aliphatic rings. The number of hydrogen-bond donors (Lipinski definition) is 15. The van der Waals surface area contributed by atoms with Crippen LogP contribution in [0.1, 0.15) is 121 Å². The van der Waals surface area contributed by atoms with Crippen molar-refractivity contribution in [1.29, 1.82) is 0 Å². The molecule has 13 amide bonds. The fraction of sp³-hybridized carbons (Fsp3) is 0.587. The van der Waals surface area contributed by atoms with Crippen LogP contribution in [-0.4, -0.2) is 198 Å². The number of nitrogens with two attached hydrogens (primary N) is 7. The number of amides is 13. The topological polar surface area (TPSA) is 519 Å². The lowest BCUT2D eigenvalue weighted by molar-refractivity contribution is -0.144. The summed E-state index contributed by atoms with van der Waals surface area (Å²) in [5.41, 5.74) is 40.6. The van der Waals surface area contributed by atoms with Gasteiger partial charge in [-0.1, -0.05) is 74.5 Å². The molecule has 4 rings (SSSR count). The van der Waals surface area contributed by atoms with Gasteiger partial charge < -0.3 is 92.5 Å². The zero-order chi connectivity index (χ0) is 70.1. The summed E-state index contributed by atoms with van der Waals surface area (Å²) in [5.74, 6) is -9.80. The van der Waals surface area contributed by atoms with Crippen LogP contribution in [0.25, 0.3) is 0 Å². The number of nitrogens with zero attached hydrogens (tertiary/aromatic N) is 3. The Morgan fingerprint density at radius 2 is 1.01 bits per heavy atom. The summed E-state index contributed by atoms with van der Waals surface area (Å²) in [6, 6.07) is 4.51. The third-order valence-electron chi connectivity index (χ3n) is 16.0. The number of nitrogens with one attached hydrogen (secondary N) is 8. The molecule has 2 fully saturated rings. The summed E-state index contributed by atoms with van der Waals surface area (Å²) in [4.78, 5) is 185. The average Bonchev–Trinajstić information content (AvgIpc) is 1.74. The van der Waals surface area contributed by atoms with E-state index in [0.717, 1.165) is 0 Å². The smallest absolute Gasteiger partial charge is 0.245 e. The Balaban J connectivity index is 1.56. The highest BCUT2D eigenvalue weighted by Crippen LogP contribution is 2.24. The first-order valence-electron chi connectivity index (χ1n) is 32.2. The van der Waals surface area contributed by atoms with E-state index < -0.39 is 169 Å². The summed E-state index contributed by atoms with van der Waals surface area (Å²) >= 11 is 1.45. The van der Waals surface area contributed by atoms with E-state index in [1.165, 1.54) is 21.6 Å². The lowest BCUT2D eigenvalue weighted by atomic mass is 10.0. The molecule has 0 saturated carbocycles. The summed E-state index contributed by atoms with van der Waals surface area (Å²) in [7, 11) is 0. The molecule has 2 saturated heterocycles. The normalized spacial score (nSPS) is 16.8. The van der Waals surface area contributed by atoms with Crippen molar-refractivity contribution in [2.75, 3.05) is 44.7 Å². The SMILES string of the molecule is CSCC[C@H](NC(=O)[C@@H](CC(C)C)NC(=O)CNC(=O)[C@@H](Cc1ccccc1)NC(=O)[C@@H](Cc1ccccc1)NC(=O)[C@H](CCC(N)=O)NC(=O)[C@@H](CCC(N)=O)NC(=O)[C@@H]1CCCN1C(=O)[C@@H](CCCCN)NC(=O)[C@H]1CCCN1C(=O)[C@@H](N)CCCN=C(N)N)C(N)=O. The molecule has 31 nitrogen and oxygen atoms in total. The van der Waals surface area contributed by atoms with Gasteiger partial charge in [0.2, 0.25) is 76.8 Å². The first-order valence-corrected chi connectivity index (χ1v) is 33.6. The molecule has 22 N–H and O–H groups in total. The monoisotopic (exact) mass is 1350 g/mol. The molecule has 0 bridgehead atoms. The molecule has 95 heavy (non-hydrogen) atoms. The number of thioether (sulfide) groups is 1. The van der Waals surface area contributed by atoms with Crippen LogP contribution in [0.2, 0.25) is 0 Å². The van der Waals surface area contributed by atoms with E-state index in [2.05, 4.69) is 47.5 Å². The molecular weight excluding hydrogens is 1250 g/mol. The lowest BCUT2D eigenvalue weighted by Gasteiger charge is -2.32. The minimum atomic E-state index is -1.64. The van der Waals surface area contributed by atoms with E-state index in [1.54, 1.807) is 60.7 Å². The van der Waals surface area contributed by atoms with Crippen molar-refractivity contribution in [3.8, 4) is 0 Å². The van der Waals surface area contributed by atoms with Crippen molar-refractivity contribution < 1.29 is 62.3 Å². The second kappa shape index (κ2) is 41.0. The Bertz CT molecular complexity index is 2960. The van der Waals surface area contributed by atoms with E-state index in [4.69, 9.17) is 40.1 Å². The zero-order valence-electron chi connectivity index (χ0n) is 54.5. The number of carbonyl (C=O) groups is 13.